The van der Waals surface area contributed by atoms with Crippen molar-refractivity contribution in [1.29, 1.82) is 0 Å². The molecule has 9 heteroatoms. The summed E-state index contributed by atoms with van der Waals surface area (Å²) in [5, 5.41) is 5.38. The number of thioether (sulfide) groups is 1. The molecule has 0 saturated heterocycles. The molecule has 1 heterocycles. The number of nitrogens with zero attached hydrogens (tertiary/aromatic N) is 3. The first-order valence-corrected chi connectivity index (χ1v) is 10.5. The summed E-state index contributed by atoms with van der Waals surface area (Å²) in [6.45, 7) is 6.64. The van der Waals surface area contributed by atoms with E-state index in [4.69, 9.17) is 0 Å². The van der Waals surface area contributed by atoms with Crippen LogP contribution in [0.4, 0.5) is 4.79 Å². The molecule has 0 unspecified atom stereocenters. The lowest BCUT2D eigenvalue weighted by atomic mass is 10.2. The molecule has 3 amide bonds. The molecule has 8 nitrogen and oxygen atoms in total. The number of para-hydroxylation sites is 1. The average Bonchev–Trinajstić information content (AvgIpc) is 2.63. The first kappa shape index (κ1) is 22.9. The number of aromatic nitrogens is 2. The van der Waals surface area contributed by atoms with Gasteiger partial charge in [0.2, 0.25) is 5.91 Å². The van der Waals surface area contributed by atoms with Crippen LogP contribution in [0.2, 0.25) is 0 Å². The summed E-state index contributed by atoms with van der Waals surface area (Å²) < 4.78 is 1.62. The number of carbonyl (C=O) groups is 2. The van der Waals surface area contributed by atoms with Gasteiger partial charge in [-0.25, -0.2) is 9.78 Å². The van der Waals surface area contributed by atoms with Crippen molar-refractivity contribution in [3.05, 3.63) is 34.6 Å². The van der Waals surface area contributed by atoms with Crippen LogP contribution in [0.25, 0.3) is 10.9 Å². The number of hydrogen-bond donors (Lipinski definition) is 2. The predicted molar refractivity (Wildman–Crippen MR) is 116 cm³/mol. The molecule has 2 rings (SSSR count). The molecular formula is C20H29N5O3S. The molecule has 1 aromatic carbocycles. The molecule has 0 bridgehead atoms. The van der Waals surface area contributed by atoms with Crippen molar-refractivity contribution in [1.82, 2.24) is 25.1 Å². The van der Waals surface area contributed by atoms with E-state index in [9.17, 15) is 14.4 Å². The van der Waals surface area contributed by atoms with E-state index in [2.05, 4.69) is 20.5 Å². The highest BCUT2D eigenvalue weighted by atomic mass is 32.2. The van der Waals surface area contributed by atoms with Gasteiger partial charge < -0.3 is 10.2 Å². The molecule has 0 saturated carbocycles. The highest BCUT2D eigenvalue weighted by Crippen LogP contribution is 2.23. The minimum atomic E-state index is -0.596. The van der Waals surface area contributed by atoms with E-state index in [0.29, 0.717) is 22.6 Å². The first-order chi connectivity index (χ1) is 13.7. The number of rotatable bonds is 8. The van der Waals surface area contributed by atoms with E-state index in [1.807, 2.05) is 40.1 Å². The number of amides is 3. The number of benzene rings is 1. The summed E-state index contributed by atoms with van der Waals surface area (Å²) in [4.78, 5) is 43.9. The smallest absolute Gasteiger partial charge is 0.321 e. The van der Waals surface area contributed by atoms with Crippen LogP contribution in [0, 0.1) is 0 Å². The van der Waals surface area contributed by atoms with Gasteiger partial charge in [0.1, 0.15) is 0 Å². The molecule has 2 aromatic rings. The Morgan fingerprint density at radius 3 is 2.55 bits per heavy atom. The number of carbonyl (C=O) groups excluding carboxylic acids is 2. The van der Waals surface area contributed by atoms with E-state index < -0.39 is 17.2 Å². The molecule has 0 aliphatic rings. The fraction of sp³-hybridized carbons (Fsp3) is 0.500. The monoisotopic (exact) mass is 419 g/mol. The van der Waals surface area contributed by atoms with Crippen LogP contribution < -0.4 is 16.2 Å². The molecule has 2 N–H and O–H groups in total. The highest BCUT2D eigenvalue weighted by Gasteiger charge is 2.21. The minimum Gasteiger partial charge on any atom is -0.336 e. The lowest BCUT2D eigenvalue weighted by molar-refractivity contribution is -0.119. The zero-order valence-corrected chi connectivity index (χ0v) is 18.4. The van der Waals surface area contributed by atoms with Crippen molar-refractivity contribution in [2.24, 2.45) is 0 Å². The van der Waals surface area contributed by atoms with Gasteiger partial charge in [-0.2, -0.15) is 0 Å². The summed E-state index contributed by atoms with van der Waals surface area (Å²) in [5.41, 5.74) is 0.469. The largest absolute Gasteiger partial charge is 0.336 e. The Balaban J connectivity index is 2.26. The SMILES string of the molecule is CC(C)NC(=O)NC(=O)[C@H](C)Sc1nc2ccccc2c(=O)n1CCCN(C)C. The van der Waals surface area contributed by atoms with Crippen LogP contribution in [0.5, 0.6) is 0 Å². The Hall–Kier alpha value is -2.39. The van der Waals surface area contributed by atoms with Gasteiger partial charge in [-0.3, -0.25) is 19.5 Å². The average molecular weight is 420 g/mol. The van der Waals surface area contributed by atoms with Gasteiger partial charge in [0.25, 0.3) is 5.56 Å². The second-order valence-corrected chi connectivity index (χ2v) is 8.71. The van der Waals surface area contributed by atoms with Crippen LogP contribution in [-0.2, 0) is 11.3 Å². The Labute approximate surface area is 175 Å². The zero-order chi connectivity index (χ0) is 21.6. The third kappa shape index (κ3) is 6.57. The molecule has 0 spiro atoms. The fourth-order valence-electron chi connectivity index (χ4n) is 2.70. The van der Waals surface area contributed by atoms with E-state index >= 15 is 0 Å². The minimum absolute atomic E-state index is 0.0743. The number of imide groups is 1. The fourth-order valence-corrected chi connectivity index (χ4v) is 3.64. The van der Waals surface area contributed by atoms with Crippen molar-refractivity contribution in [3.63, 3.8) is 0 Å². The van der Waals surface area contributed by atoms with Gasteiger partial charge in [0, 0.05) is 12.6 Å². The van der Waals surface area contributed by atoms with Gasteiger partial charge in [-0.05, 0) is 60.0 Å². The van der Waals surface area contributed by atoms with Crippen molar-refractivity contribution in [2.75, 3.05) is 20.6 Å². The first-order valence-electron chi connectivity index (χ1n) is 9.61. The second kappa shape index (κ2) is 10.4. The summed E-state index contributed by atoms with van der Waals surface area (Å²) in [7, 11) is 3.96. The van der Waals surface area contributed by atoms with Crippen molar-refractivity contribution < 1.29 is 9.59 Å². The molecular weight excluding hydrogens is 390 g/mol. The molecule has 0 aliphatic carbocycles. The Morgan fingerprint density at radius 2 is 1.90 bits per heavy atom. The van der Waals surface area contributed by atoms with Crippen molar-refractivity contribution in [3.8, 4) is 0 Å². The van der Waals surface area contributed by atoms with Gasteiger partial charge in [-0.1, -0.05) is 23.9 Å². The normalized spacial score (nSPS) is 12.4. The van der Waals surface area contributed by atoms with Crippen LogP contribution in [0.3, 0.4) is 0 Å². The number of urea groups is 1. The number of nitrogens with one attached hydrogen (secondary N) is 2. The Morgan fingerprint density at radius 1 is 1.21 bits per heavy atom. The standard InChI is InChI=1S/C20H29N5O3S/c1-13(2)21-19(28)23-17(26)14(3)29-20-22-16-10-7-6-9-15(16)18(27)25(20)12-8-11-24(4)5/h6-7,9-10,13-14H,8,11-12H2,1-5H3,(H2,21,23,26,28)/t14-/m0/s1. The van der Waals surface area contributed by atoms with Crippen molar-refractivity contribution in [2.45, 2.75) is 50.2 Å². The predicted octanol–water partition coefficient (Wildman–Crippen LogP) is 2.06. The van der Waals surface area contributed by atoms with Crippen LogP contribution in [0.15, 0.2) is 34.2 Å². The van der Waals surface area contributed by atoms with Gasteiger partial charge in [0.15, 0.2) is 5.16 Å². The third-order valence-corrected chi connectivity index (χ3v) is 5.21. The molecule has 1 atom stereocenters. The van der Waals surface area contributed by atoms with E-state index in [1.165, 1.54) is 11.8 Å². The summed E-state index contributed by atoms with van der Waals surface area (Å²) in [6, 6.07) is 6.57. The van der Waals surface area contributed by atoms with E-state index in [1.54, 1.807) is 23.6 Å². The molecule has 0 radical (unpaired) electrons. The maximum Gasteiger partial charge on any atom is 0.321 e. The van der Waals surface area contributed by atoms with Gasteiger partial charge >= 0.3 is 6.03 Å². The summed E-state index contributed by atoms with van der Waals surface area (Å²) in [5.74, 6) is -0.435. The molecule has 1 aromatic heterocycles. The molecule has 0 aliphatic heterocycles. The maximum atomic E-state index is 13.0. The van der Waals surface area contributed by atoms with Gasteiger partial charge in [-0.15, -0.1) is 0 Å². The Kier molecular flexibility index (Phi) is 8.21. The maximum absolute atomic E-state index is 13.0. The topological polar surface area (TPSA) is 96.3 Å². The van der Waals surface area contributed by atoms with E-state index in [0.717, 1.165) is 13.0 Å². The van der Waals surface area contributed by atoms with E-state index in [-0.39, 0.29) is 11.6 Å². The summed E-state index contributed by atoms with van der Waals surface area (Å²) in [6.07, 6.45) is 0.776. The zero-order valence-electron chi connectivity index (χ0n) is 17.6. The van der Waals surface area contributed by atoms with Crippen LogP contribution in [-0.4, -0.2) is 58.3 Å². The Bertz CT molecular complexity index is 926. The number of hydrogen-bond acceptors (Lipinski definition) is 6. The third-order valence-electron chi connectivity index (χ3n) is 4.12. The van der Waals surface area contributed by atoms with Gasteiger partial charge in [0.05, 0.1) is 16.2 Å². The summed E-state index contributed by atoms with van der Waals surface area (Å²) >= 11 is 1.17. The second-order valence-electron chi connectivity index (χ2n) is 7.40. The quantitative estimate of drug-likeness (QED) is 0.502. The molecule has 29 heavy (non-hydrogen) atoms. The molecule has 0 fully saturated rings. The van der Waals surface area contributed by atoms with Crippen LogP contribution in [0.1, 0.15) is 27.2 Å². The van der Waals surface area contributed by atoms with Crippen LogP contribution >= 0.6 is 11.8 Å². The lowest BCUT2D eigenvalue weighted by Crippen LogP contribution is -2.45. The lowest BCUT2D eigenvalue weighted by Gasteiger charge is -2.17. The highest BCUT2D eigenvalue weighted by molar-refractivity contribution is 8.00. The van der Waals surface area contributed by atoms with Crippen molar-refractivity contribution >= 4 is 34.6 Å². The number of fused-ring (bicyclic) bond motifs is 1. The molecule has 158 valence electrons.